The summed E-state index contributed by atoms with van der Waals surface area (Å²) in [6.45, 7) is 4.11. The van der Waals surface area contributed by atoms with Gasteiger partial charge in [0.1, 0.15) is 0 Å². The molecule has 3 aliphatic rings. The Hall–Kier alpha value is -4.15. The molecule has 0 amide bonds. The summed E-state index contributed by atoms with van der Waals surface area (Å²) in [6, 6.07) is 33.4. The van der Waals surface area contributed by atoms with E-state index in [-0.39, 0.29) is 21.1 Å². The monoisotopic (exact) mass is 687 g/mol. The predicted octanol–water partition coefficient (Wildman–Crippen LogP) is 6.85. The van der Waals surface area contributed by atoms with Crippen LogP contribution in [0.4, 0.5) is 28.4 Å². The summed E-state index contributed by atoms with van der Waals surface area (Å²) < 4.78 is 2.39. The average molecular weight is 688 g/mol. The molecule has 0 spiro atoms. The van der Waals surface area contributed by atoms with Gasteiger partial charge in [-0.25, -0.2) is 0 Å². The molecule has 0 unspecified atom stereocenters. The van der Waals surface area contributed by atoms with Gasteiger partial charge in [0, 0.05) is 16.3 Å². The first-order valence-electron chi connectivity index (χ1n) is 12.6. The molecule has 8 rings (SSSR count). The molecule has 192 valence electrons. The van der Waals surface area contributed by atoms with E-state index in [0.29, 0.717) is 0 Å². The van der Waals surface area contributed by atoms with Gasteiger partial charge in [-0.2, -0.15) is 19.4 Å². The van der Waals surface area contributed by atoms with Crippen LogP contribution in [0.3, 0.4) is 0 Å². The van der Waals surface area contributed by atoms with E-state index in [1.807, 2.05) is 36.3 Å². The summed E-state index contributed by atoms with van der Waals surface area (Å²) in [5, 5.41) is 2.49. The second-order valence-corrected chi connectivity index (χ2v) is 9.83. The average Bonchev–Trinajstić information content (AvgIpc) is 3.67. The summed E-state index contributed by atoms with van der Waals surface area (Å²) in [5.41, 5.74) is 8.53. The summed E-state index contributed by atoms with van der Waals surface area (Å²) in [6.07, 6.45) is 8.18. The number of nitrogens with zero attached hydrogens (tertiary/aromatic N) is 6. The van der Waals surface area contributed by atoms with Crippen LogP contribution in [-0.2, 0) is 21.1 Å². The molecule has 5 aromatic rings. The summed E-state index contributed by atoms with van der Waals surface area (Å²) in [5.74, 6) is 0. The van der Waals surface area contributed by atoms with Gasteiger partial charge in [-0.3, -0.25) is 0 Å². The van der Waals surface area contributed by atoms with Gasteiger partial charge < -0.3 is 29.1 Å². The molecule has 0 bridgehead atoms. The van der Waals surface area contributed by atoms with Crippen molar-refractivity contribution in [2.75, 3.05) is 28.8 Å². The van der Waals surface area contributed by atoms with Gasteiger partial charge in [-0.15, -0.1) is 47.8 Å². The maximum absolute atomic E-state index is 3.77. The minimum atomic E-state index is 0. The second-order valence-electron chi connectivity index (χ2n) is 9.83. The number of anilines is 5. The Morgan fingerprint density at radius 3 is 2.00 bits per heavy atom. The first-order valence-corrected chi connectivity index (χ1v) is 12.6. The van der Waals surface area contributed by atoms with Crippen LogP contribution in [0.2, 0.25) is 0 Å². The molecule has 39 heavy (non-hydrogen) atoms. The Labute approximate surface area is 242 Å². The number of rotatable bonds is 3. The van der Waals surface area contributed by atoms with Crippen LogP contribution in [0, 0.1) is 25.5 Å². The molecular weight excluding hydrogens is 663 g/mol. The molecule has 1 aromatic heterocycles. The molecule has 6 nitrogen and oxygen atoms in total. The minimum absolute atomic E-state index is 0. The molecule has 3 aliphatic heterocycles. The van der Waals surface area contributed by atoms with Gasteiger partial charge in [0.2, 0.25) is 0 Å². The van der Waals surface area contributed by atoms with Crippen molar-refractivity contribution in [3.05, 3.63) is 123 Å². The van der Waals surface area contributed by atoms with Crippen LogP contribution in [0.15, 0.2) is 97.6 Å². The number of fused-ring (bicyclic) bond motifs is 5. The van der Waals surface area contributed by atoms with Gasteiger partial charge in [0.05, 0.1) is 11.2 Å². The molecule has 0 saturated heterocycles. The number of hydrogen-bond acceptors (Lipinski definition) is 5. The van der Waals surface area contributed by atoms with Gasteiger partial charge in [0.25, 0.3) is 0 Å². The molecule has 7 heteroatoms. The van der Waals surface area contributed by atoms with E-state index in [1.165, 1.54) is 21.8 Å². The molecule has 4 heterocycles. The summed E-state index contributed by atoms with van der Waals surface area (Å²) in [7, 11) is 4.06. The minimum Gasteiger partial charge on any atom is -0.510 e. The Morgan fingerprint density at radius 1 is 0.590 bits per heavy atom. The Balaban J connectivity index is 0.00000253. The van der Waals surface area contributed by atoms with Gasteiger partial charge in [-0.05, 0) is 62.4 Å². The van der Waals surface area contributed by atoms with Crippen LogP contribution in [-0.4, -0.2) is 28.5 Å². The number of aromatic nitrogens is 1. The zero-order valence-electron chi connectivity index (χ0n) is 21.4. The van der Waals surface area contributed by atoms with Crippen molar-refractivity contribution in [1.29, 1.82) is 0 Å². The zero-order valence-corrected chi connectivity index (χ0v) is 23.7. The van der Waals surface area contributed by atoms with Crippen LogP contribution in [0.5, 0.6) is 0 Å². The summed E-state index contributed by atoms with van der Waals surface area (Å²) in [4.78, 5) is 10.6. The first-order chi connectivity index (χ1) is 18.7. The van der Waals surface area contributed by atoms with Crippen LogP contribution in [0.25, 0.3) is 27.5 Å². The molecular formula is C32H24N6Pt. The number of benzene rings is 4. The van der Waals surface area contributed by atoms with Crippen molar-refractivity contribution in [1.82, 2.24) is 14.4 Å². The zero-order chi connectivity index (χ0) is 25.4. The first kappa shape index (κ1) is 23.9. The van der Waals surface area contributed by atoms with Gasteiger partial charge >= 0.3 is 21.1 Å². The van der Waals surface area contributed by atoms with Crippen LogP contribution in [0.1, 0.15) is 0 Å². The van der Waals surface area contributed by atoms with E-state index < -0.39 is 0 Å². The van der Waals surface area contributed by atoms with Crippen LogP contribution < -0.4 is 14.7 Å². The standard InChI is InChI=1S/C32H24N6.Pt/c1-33-15-17-35(21-33)23-7-5-8-25(19-23)37-30-12-6-10-27-26-9-3-4-11-28(26)38(32(27)30)29-14-13-24(20-31(29)37)36-18-16-34(2)22-36;/h3-18,21-22H,1-2H3;/q-4;+4. The topological polar surface area (TPSA) is 21.1 Å². The van der Waals surface area contributed by atoms with Crippen molar-refractivity contribution in [2.45, 2.75) is 0 Å². The summed E-state index contributed by atoms with van der Waals surface area (Å²) >= 11 is 0. The van der Waals surface area contributed by atoms with Gasteiger partial charge in [0.15, 0.2) is 0 Å². The Morgan fingerprint density at radius 2 is 1.26 bits per heavy atom. The molecule has 0 saturated carbocycles. The van der Waals surface area contributed by atoms with Crippen molar-refractivity contribution in [3.8, 4) is 5.69 Å². The van der Waals surface area contributed by atoms with E-state index in [4.69, 9.17) is 0 Å². The van der Waals surface area contributed by atoms with E-state index >= 15 is 0 Å². The SMILES string of the molecule is CN1C=CN(c2[c-]c(N3c4[c-]c(N5C=CN(C)[CH-]5)ccc4-n4c5ccccc5c5cccc3c54)ccc2)[CH-]1.[Pt+4]. The molecule has 0 atom stereocenters. The van der Waals surface area contributed by atoms with Crippen LogP contribution >= 0.6 is 0 Å². The number of hydrogen-bond donors (Lipinski definition) is 0. The van der Waals surface area contributed by atoms with Crippen molar-refractivity contribution in [2.24, 2.45) is 0 Å². The number of para-hydroxylation sites is 2. The van der Waals surface area contributed by atoms with Crippen molar-refractivity contribution >= 4 is 50.2 Å². The van der Waals surface area contributed by atoms with E-state index in [1.54, 1.807) is 0 Å². The van der Waals surface area contributed by atoms with E-state index in [9.17, 15) is 0 Å². The van der Waals surface area contributed by atoms with Crippen molar-refractivity contribution in [3.63, 3.8) is 0 Å². The molecule has 0 N–H and O–H groups in total. The smallest absolute Gasteiger partial charge is 0.510 e. The van der Waals surface area contributed by atoms with E-state index in [2.05, 4.69) is 130 Å². The fraction of sp³-hybridized carbons (Fsp3) is 0.0625. The predicted molar refractivity (Wildman–Crippen MR) is 154 cm³/mol. The fourth-order valence-corrected chi connectivity index (χ4v) is 5.68. The quantitative estimate of drug-likeness (QED) is 0.189. The fourth-order valence-electron chi connectivity index (χ4n) is 5.68. The van der Waals surface area contributed by atoms with Gasteiger partial charge in [-0.1, -0.05) is 36.0 Å². The third kappa shape index (κ3) is 3.59. The Kier molecular flexibility index (Phi) is 5.50. The molecule has 0 fully saturated rings. The largest absolute Gasteiger partial charge is 4.00 e. The van der Waals surface area contributed by atoms with Crippen molar-refractivity contribution < 1.29 is 21.1 Å². The Bertz CT molecular complexity index is 1800. The van der Waals surface area contributed by atoms with E-state index in [0.717, 1.165) is 34.1 Å². The molecule has 0 radical (unpaired) electrons. The molecule has 0 aliphatic carbocycles. The maximum atomic E-state index is 3.77. The third-order valence-electron chi connectivity index (χ3n) is 7.37. The molecule has 4 aromatic carbocycles. The second kappa shape index (κ2) is 8.96. The normalized spacial score (nSPS) is 15.6. The maximum Gasteiger partial charge on any atom is 4.00 e. The third-order valence-corrected chi connectivity index (χ3v) is 7.37.